The molecule has 1 aromatic heterocycles. The Morgan fingerprint density at radius 1 is 1.12 bits per heavy atom. The monoisotopic (exact) mass is 535 g/mol. The molecule has 182 valence electrons. The maximum Gasteiger partial charge on any atom is 0.266 e. The van der Waals surface area contributed by atoms with Crippen molar-refractivity contribution in [3.8, 4) is 5.75 Å². The summed E-state index contributed by atoms with van der Waals surface area (Å²) in [4.78, 5) is 2.81. The fourth-order valence-electron chi connectivity index (χ4n) is 3.78. The lowest BCUT2D eigenvalue weighted by Crippen LogP contribution is -2.38. The van der Waals surface area contributed by atoms with Gasteiger partial charge in [0.25, 0.3) is 10.0 Å². The largest absolute Gasteiger partial charge is 0.490 e. The van der Waals surface area contributed by atoms with E-state index < -0.39 is 43.9 Å². The van der Waals surface area contributed by atoms with Crippen LogP contribution >= 0.6 is 22.9 Å². The lowest BCUT2D eigenvalue weighted by molar-refractivity contribution is 0.190. The first-order valence-corrected chi connectivity index (χ1v) is 12.7. The van der Waals surface area contributed by atoms with Crippen LogP contribution in [0.2, 0.25) is 4.34 Å². The average molecular weight is 536 g/mol. The molecular formula is C21H18ClF4N3O3S2. The SMILES string of the molecule is O=S(=O)(Nc1ncc(Cl)s1)c1cc(F)c(OCC2CNCCC2c2ccc(F)c(F)c2)cc1F. The van der Waals surface area contributed by atoms with E-state index in [0.29, 0.717) is 37.2 Å². The zero-order valence-electron chi connectivity index (χ0n) is 17.3. The van der Waals surface area contributed by atoms with Gasteiger partial charge < -0.3 is 10.1 Å². The number of rotatable bonds is 7. The number of hydrogen-bond donors (Lipinski definition) is 2. The first-order valence-electron chi connectivity index (χ1n) is 10.1. The molecule has 0 aliphatic carbocycles. The van der Waals surface area contributed by atoms with E-state index in [4.69, 9.17) is 16.3 Å². The Morgan fingerprint density at radius 3 is 2.62 bits per heavy atom. The smallest absolute Gasteiger partial charge is 0.266 e. The molecule has 1 aliphatic rings. The number of aromatic nitrogens is 1. The third-order valence-electron chi connectivity index (χ3n) is 5.41. The Labute approximate surface area is 202 Å². The molecule has 1 saturated heterocycles. The number of hydrogen-bond acceptors (Lipinski definition) is 6. The van der Waals surface area contributed by atoms with Crippen molar-refractivity contribution in [2.24, 2.45) is 5.92 Å². The highest BCUT2D eigenvalue weighted by atomic mass is 35.5. The molecule has 34 heavy (non-hydrogen) atoms. The quantitative estimate of drug-likeness (QED) is 0.420. The molecule has 2 unspecified atom stereocenters. The topological polar surface area (TPSA) is 80.3 Å². The van der Waals surface area contributed by atoms with Gasteiger partial charge >= 0.3 is 0 Å². The van der Waals surface area contributed by atoms with E-state index in [0.717, 1.165) is 23.5 Å². The summed E-state index contributed by atoms with van der Waals surface area (Å²) in [6.07, 6.45) is 1.82. The van der Waals surface area contributed by atoms with Gasteiger partial charge in [-0.3, -0.25) is 4.72 Å². The molecule has 3 aromatic rings. The Kier molecular flexibility index (Phi) is 7.31. The van der Waals surface area contributed by atoms with Gasteiger partial charge in [0.2, 0.25) is 0 Å². The maximum absolute atomic E-state index is 14.7. The van der Waals surface area contributed by atoms with Crippen molar-refractivity contribution in [2.75, 3.05) is 24.4 Å². The van der Waals surface area contributed by atoms with E-state index in [2.05, 4.69) is 10.3 Å². The van der Waals surface area contributed by atoms with E-state index in [1.54, 1.807) is 0 Å². The zero-order valence-corrected chi connectivity index (χ0v) is 19.7. The Bertz CT molecular complexity index is 1310. The number of sulfonamides is 1. The standard InChI is InChI=1S/C21H18ClF4N3O3S2/c22-20-9-28-21(33-20)29-34(30,31)19-7-16(25)18(6-17(19)26)32-10-12-8-27-4-3-13(12)11-1-2-14(23)15(24)5-11/h1-2,5-7,9,12-13,27H,3-4,8,10H2,(H,28,29). The van der Waals surface area contributed by atoms with Crippen LogP contribution in [0.3, 0.4) is 0 Å². The van der Waals surface area contributed by atoms with Gasteiger partial charge in [0.1, 0.15) is 15.0 Å². The summed E-state index contributed by atoms with van der Waals surface area (Å²) in [6, 6.07) is 4.84. The van der Waals surface area contributed by atoms with E-state index >= 15 is 0 Å². The molecule has 2 aromatic carbocycles. The molecule has 2 N–H and O–H groups in total. The first-order chi connectivity index (χ1) is 16.1. The van der Waals surface area contributed by atoms with Crippen molar-refractivity contribution < 1.29 is 30.7 Å². The maximum atomic E-state index is 14.7. The van der Waals surface area contributed by atoms with E-state index in [9.17, 15) is 26.0 Å². The first kappa shape index (κ1) is 24.7. The Balaban J connectivity index is 1.50. The second-order valence-corrected chi connectivity index (χ2v) is 10.9. The number of thiazole rings is 1. The predicted molar refractivity (Wildman–Crippen MR) is 120 cm³/mol. The van der Waals surface area contributed by atoms with Gasteiger partial charge in [0, 0.05) is 24.6 Å². The molecule has 4 rings (SSSR count). The second-order valence-electron chi connectivity index (χ2n) is 7.63. The average Bonchev–Trinajstić information content (AvgIpc) is 3.19. The molecule has 1 fully saturated rings. The molecule has 0 saturated carbocycles. The normalized spacial score (nSPS) is 18.6. The van der Waals surface area contributed by atoms with E-state index in [1.165, 1.54) is 12.3 Å². The van der Waals surface area contributed by atoms with Crippen molar-refractivity contribution in [1.29, 1.82) is 0 Å². The van der Waals surface area contributed by atoms with Gasteiger partial charge in [0.05, 0.1) is 12.8 Å². The van der Waals surface area contributed by atoms with E-state index in [1.807, 2.05) is 4.72 Å². The summed E-state index contributed by atoms with van der Waals surface area (Å²) in [5.74, 6) is -5.13. The van der Waals surface area contributed by atoms with Crippen LogP contribution in [0.1, 0.15) is 17.9 Å². The van der Waals surface area contributed by atoms with Crippen molar-refractivity contribution in [1.82, 2.24) is 10.3 Å². The van der Waals surface area contributed by atoms with E-state index in [-0.39, 0.29) is 27.9 Å². The van der Waals surface area contributed by atoms with Crippen molar-refractivity contribution in [3.63, 3.8) is 0 Å². The number of halogens is 5. The summed E-state index contributed by atoms with van der Waals surface area (Å²) < 4.78 is 88.9. The third kappa shape index (κ3) is 5.45. The lowest BCUT2D eigenvalue weighted by atomic mass is 9.81. The number of piperidine rings is 1. The molecule has 0 spiro atoms. The number of nitrogens with one attached hydrogen (secondary N) is 2. The molecule has 6 nitrogen and oxygen atoms in total. The fraction of sp³-hybridized carbons (Fsp3) is 0.286. The van der Waals surface area contributed by atoms with Gasteiger partial charge in [-0.15, -0.1) is 0 Å². The van der Waals surface area contributed by atoms with Gasteiger partial charge in [0.15, 0.2) is 28.3 Å². The highest BCUT2D eigenvalue weighted by Gasteiger charge is 2.29. The summed E-state index contributed by atoms with van der Waals surface area (Å²) in [6.45, 7) is 1.04. The van der Waals surface area contributed by atoms with Crippen LogP contribution in [0.4, 0.5) is 22.7 Å². The zero-order chi connectivity index (χ0) is 24.5. The number of anilines is 1. The van der Waals surface area contributed by atoms with Crippen LogP contribution in [0.15, 0.2) is 41.4 Å². The molecule has 0 radical (unpaired) electrons. The minimum absolute atomic E-state index is 0.0605. The summed E-state index contributed by atoms with van der Waals surface area (Å²) in [5, 5.41) is 3.06. The van der Waals surface area contributed by atoms with Crippen LogP contribution in [0.25, 0.3) is 0 Å². The van der Waals surface area contributed by atoms with Crippen LogP contribution < -0.4 is 14.8 Å². The molecule has 2 heterocycles. The fourth-order valence-corrected chi connectivity index (χ4v) is 5.90. The molecule has 2 atom stereocenters. The molecule has 13 heteroatoms. The molecule has 0 amide bonds. The van der Waals surface area contributed by atoms with Crippen LogP contribution in [-0.2, 0) is 10.0 Å². The Hall–Kier alpha value is -2.41. The van der Waals surface area contributed by atoms with Crippen molar-refractivity contribution >= 4 is 38.1 Å². The van der Waals surface area contributed by atoms with Crippen LogP contribution in [0.5, 0.6) is 5.75 Å². The molecular weight excluding hydrogens is 518 g/mol. The predicted octanol–water partition coefficient (Wildman–Crippen LogP) is 4.93. The van der Waals surface area contributed by atoms with Crippen LogP contribution in [-0.4, -0.2) is 33.1 Å². The molecule has 1 aliphatic heterocycles. The second kappa shape index (κ2) is 10.1. The van der Waals surface area contributed by atoms with Crippen molar-refractivity contribution in [3.05, 3.63) is 69.7 Å². The third-order valence-corrected chi connectivity index (χ3v) is 7.92. The van der Waals surface area contributed by atoms with Crippen LogP contribution in [0, 0.1) is 29.2 Å². The summed E-state index contributed by atoms with van der Waals surface area (Å²) in [7, 11) is -4.47. The summed E-state index contributed by atoms with van der Waals surface area (Å²) in [5.41, 5.74) is 0.579. The van der Waals surface area contributed by atoms with Crippen molar-refractivity contribution in [2.45, 2.75) is 17.2 Å². The highest BCUT2D eigenvalue weighted by molar-refractivity contribution is 7.93. The number of nitrogens with zero attached hydrogens (tertiary/aromatic N) is 1. The van der Waals surface area contributed by atoms with Gasteiger partial charge in [-0.05, 0) is 36.6 Å². The summed E-state index contributed by atoms with van der Waals surface area (Å²) >= 11 is 6.53. The number of ether oxygens (including phenoxy) is 1. The minimum atomic E-state index is -4.47. The lowest BCUT2D eigenvalue weighted by Gasteiger charge is -2.32. The van der Waals surface area contributed by atoms with Gasteiger partial charge in [-0.2, -0.15) is 0 Å². The molecule has 0 bridgehead atoms. The van der Waals surface area contributed by atoms with Gasteiger partial charge in [-0.25, -0.2) is 31.0 Å². The number of benzene rings is 2. The minimum Gasteiger partial charge on any atom is -0.490 e. The highest BCUT2D eigenvalue weighted by Crippen LogP contribution is 2.33. The van der Waals surface area contributed by atoms with Gasteiger partial charge in [-0.1, -0.05) is 29.0 Å². The Morgan fingerprint density at radius 2 is 1.91 bits per heavy atom.